The van der Waals surface area contributed by atoms with Gasteiger partial charge in [0.25, 0.3) is 0 Å². The maximum absolute atomic E-state index is 9.60. The third kappa shape index (κ3) is 5.20. The fraction of sp³-hybridized carbons (Fsp3) is 1.00. The van der Waals surface area contributed by atoms with E-state index in [1.807, 2.05) is 0 Å². The molecule has 0 bridgehead atoms. The normalized spacial score (nSPS) is 32.7. The summed E-state index contributed by atoms with van der Waals surface area (Å²) in [5.41, 5.74) is 0. The quantitative estimate of drug-likeness (QED) is 0.564. The number of rotatable bonds is 8. The van der Waals surface area contributed by atoms with E-state index in [4.69, 9.17) is 14.6 Å². The van der Waals surface area contributed by atoms with E-state index in [0.29, 0.717) is 6.61 Å². The molecule has 0 amide bonds. The molecule has 1 aliphatic heterocycles. The van der Waals surface area contributed by atoms with Crippen LogP contribution in [0.2, 0.25) is 0 Å². The number of unbranched alkanes of at least 4 members (excludes halogenated alkanes) is 4. The van der Waals surface area contributed by atoms with E-state index in [1.54, 1.807) is 0 Å². The minimum absolute atomic E-state index is 0.257. The second-order valence-electron chi connectivity index (χ2n) is 4.87. The number of aliphatic hydroxyl groups is 3. The van der Waals surface area contributed by atoms with Crippen LogP contribution in [0.15, 0.2) is 0 Å². The van der Waals surface area contributed by atoms with Crippen LogP contribution in [0.3, 0.4) is 0 Å². The zero-order valence-electron chi connectivity index (χ0n) is 11.1. The Morgan fingerprint density at radius 2 is 1.89 bits per heavy atom. The lowest BCUT2D eigenvalue weighted by molar-refractivity contribution is -0.256. The summed E-state index contributed by atoms with van der Waals surface area (Å²) in [4.78, 5) is 0. The smallest absolute Gasteiger partial charge is 0.160 e. The highest BCUT2D eigenvalue weighted by molar-refractivity contribution is 4.82. The van der Waals surface area contributed by atoms with Crippen molar-refractivity contribution in [2.24, 2.45) is 0 Å². The zero-order valence-corrected chi connectivity index (χ0v) is 11.1. The highest BCUT2D eigenvalue weighted by Crippen LogP contribution is 2.21. The summed E-state index contributed by atoms with van der Waals surface area (Å²) < 4.78 is 10.9. The van der Waals surface area contributed by atoms with Crippen LogP contribution in [0.5, 0.6) is 0 Å². The molecule has 1 heterocycles. The van der Waals surface area contributed by atoms with Gasteiger partial charge >= 0.3 is 0 Å². The maximum Gasteiger partial charge on any atom is 0.160 e. The molecule has 0 radical (unpaired) electrons. The van der Waals surface area contributed by atoms with Crippen LogP contribution in [-0.4, -0.2) is 53.1 Å². The van der Waals surface area contributed by atoms with Crippen LogP contribution in [0.25, 0.3) is 0 Å². The predicted octanol–water partition coefficient (Wildman–Crippen LogP) is 0.802. The molecule has 3 N–H and O–H groups in total. The first-order valence-corrected chi connectivity index (χ1v) is 6.93. The van der Waals surface area contributed by atoms with Crippen LogP contribution < -0.4 is 0 Å². The Kier molecular flexibility index (Phi) is 7.77. The van der Waals surface area contributed by atoms with E-state index in [-0.39, 0.29) is 13.0 Å². The van der Waals surface area contributed by atoms with Crippen molar-refractivity contribution >= 4 is 0 Å². The Morgan fingerprint density at radius 3 is 2.56 bits per heavy atom. The maximum atomic E-state index is 9.60. The van der Waals surface area contributed by atoms with E-state index >= 15 is 0 Å². The molecular formula is C13H26O5. The molecule has 0 unspecified atom stereocenters. The monoisotopic (exact) mass is 262 g/mol. The van der Waals surface area contributed by atoms with Crippen LogP contribution >= 0.6 is 0 Å². The minimum atomic E-state index is -1.03. The Hall–Kier alpha value is -0.200. The Balaban J connectivity index is 2.14. The first kappa shape index (κ1) is 15.9. The van der Waals surface area contributed by atoms with Crippen molar-refractivity contribution < 1.29 is 24.8 Å². The van der Waals surface area contributed by atoms with Gasteiger partial charge in [0, 0.05) is 13.0 Å². The molecule has 18 heavy (non-hydrogen) atoms. The molecule has 5 nitrogen and oxygen atoms in total. The number of hydrogen-bond acceptors (Lipinski definition) is 5. The molecule has 0 aromatic rings. The van der Waals surface area contributed by atoms with Gasteiger partial charge in [-0.3, -0.25) is 0 Å². The first-order valence-electron chi connectivity index (χ1n) is 6.93. The summed E-state index contributed by atoms with van der Waals surface area (Å²) in [5.74, 6) is 0. The lowest BCUT2D eigenvalue weighted by Gasteiger charge is -2.36. The average molecular weight is 262 g/mol. The van der Waals surface area contributed by atoms with Gasteiger partial charge in [-0.05, 0) is 6.42 Å². The molecule has 108 valence electrons. The van der Waals surface area contributed by atoms with Gasteiger partial charge in [-0.25, -0.2) is 0 Å². The van der Waals surface area contributed by atoms with Crippen LogP contribution in [0.4, 0.5) is 0 Å². The standard InChI is InChI=1S/C13H26O5/c1-2-3-4-5-6-7-17-12-8-10(15)13(16)11(9-14)18-12/h10-16H,2-9H2,1H3/t10-,11-,12+,13+/m1/s1. The molecule has 0 aliphatic carbocycles. The minimum Gasteiger partial charge on any atom is -0.394 e. The van der Waals surface area contributed by atoms with Gasteiger partial charge in [0.15, 0.2) is 6.29 Å². The molecule has 4 atom stereocenters. The third-order valence-corrected chi connectivity index (χ3v) is 3.27. The van der Waals surface area contributed by atoms with E-state index in [2.05, 4.69) is 6.92 Å². The van der Waals surface area contributed by atoms with Crippen molar-refractivity contribution in [1.29, 1.82) is 0 Å². The molecule has 1 fully saturated rings. The molecule has 1 saturated heterocycles. The lowest BCUT2D eigenvalue weighted by atomic mass is 10.0. The van der Waals surface area contributed by atoms with Crippen LogP contribution in [0.1, 0.15) is 45.4 Å². The summed E-state index contributed by atoms with van der Waals surface area (Å²) in [7, 11) is 0. The summed E-state index contributed by atoms with van der Waals surface area (Å²) in [5, 5.41) is 28.1. The number of ether oxygens (including phenoxy) is 2. The third-order valence-electron chi connectivity index (χ3n) is 3.27. The van der Waals surface area contributed by atoms with Gasteiger partial charge < -0.3 is 24.8 Å². The molecule has 1 rings (SSSR count). The van der Waals surface area contributed by atoms with Crippen molar-refractivity contribution in [3.63, 3.8) is 0 Å². The molecule has 5 heteroatoms. The summed E-state index contributed by atoms with van der Waals surface area (Å²) in [6, 6.07) is 0. The molecule has 0 aromatic heterocycles. The van der Waals surface area contributed by atoms with E-state index in [9.17, 15) is 10.2 Å². The van der Waals surface area contributed by atoms with Crippen molar-refractivity contribution in [3.05, 3.63) is 0 Å². The van der Waals surface area contributed by atoms with Gasteiger partial charge in [0.05, 0.1) is 12.7 Å². The van der Waals surface area contributed by atoms with Gasteiger partial charge in [0.1, 0.15) is 12.2 Å². The zero-order chi connectivity index (χ0) is 13.4. The summed E-state index contributed by atoms with van der Waals surface area (Å²) >= 11 is 0. The molecular weight excluding hydrogens is 236 g/mol. The molecule has 1 aliphatic rings. The van der Waals surface area contributed by atoms with Crippen molar-refractivity contribution in [2.45, 2.75) is 70.1 Å². The van der Waals surface area contributed by atoms with Crippen molar-refractivity contribution in [1.82, 2.24) is 0 Å². The predicted molar refractivity (Wildman–Crippen MR) is 67.1 cm³/mol. The van der Waals surface area contributed by atoms with Gasteiger partial charge in [-0.15, -0.1) is 0 Å². The lowest BCUT2D eigenvalue weighted by Crippen LogP contribution is -2.50. The first-order chi connectivity index (χ1) is 8.69. The Labute approximate surface area is 109 Å². The molecule has 0 saturated carbocycles. The SMILES string of the molecule is CCCCCCCO[C@@H]1C[C@@H](O)[C@H](O)[C@@H](CO)O1. The van der Waals surface area contributed by atoms with Gasteiger partial charge in [-0.1, -0.05) is 32.6 Å². The number of hydrogen-bond donors (Lipinski definition) is 3. The Morgan fingerprint density at radius 1 is 1.17 bits per heavy atom. The fourth-order valence-corrected chi connectivity index (χ4v) is 2.09. The second-order valence-corrected chi connectivity index (χ2v) is 4.87. The second kappa shape index (κ2) is 8.82. The molecule has 0 spiro atoms. The largest absolute Gasteiger partial charge is 0.394 e. The van der Waals surface area contributed by atoms with Crippen molar-refractivity contribution in [2.75, 3.05) is 13.2 Å². The van der Waals surface area contributed by atoms with Crippen LogP contribution in [-0.2, 0) is 9.47 Å². The molecule has 0 aromatic carbocycles. The summed E-state index contributed by atoms with van der Waals surface area (Å²) in [6.07, 6.45) is 2.86. The van der Waals surface area contributed by atoms with Crippen LogP contribution in [0, 0.1) is 0 Å². The topological polar surface area (TPSA) is 79.2 Å². The van der Waals surface area contributed by atoms with E-state index in [1.165, 1.54) is 19.3 Å². The average Bonchev–Trinajstić information content (AvgIpc) is 2.37. The van der Waals surface area contributed by atoms with Crippen molar-refractivity contribution in [3.8, 4) is 0 Å². The van der Waals surface area contributed by atoms with E-state index in [0.717, 1.165) is 12.8 Å². The van der Waals surface area contributed by atoms with E-state index < -0.39 is 24.6 Å². The highest BCUT2D eigenvalue weighted by atomic mass is 16.7. The summed E-state index contributed by atoms with van der Waals surface area (Å²) in [6.45, 7) is 2.46. The van der Waals surface area contributed by atoms with Gasteiger partial charge in [-0.2, -0.15) is 0 Å². The number of aliphatic hydroxyl groups excluding tert-OH is 3. The highest BCUT2D eigenvalue weighted by Gasteiger charge is 2.36. The van der Waals surface area contributed by atoms with Gasteiger partial charge in [0.2, 0.25) is 0 Å². The fourth-order valence-electron chi connectivity index (χ4n) is 2.09. The Bertz CT molecular complexity index is 212.